The van der Waals surface area contributed by atoms with E-state index in [-0.39, 0.29) is 22.5 Å². The van der Waals surface area contributed by atoms with Gasteiger partial charge in [0.05, 0.1) is 0 Å². The SMILES string of the molecule is CCCCCCCCCC(CC)C1=CC=C(C(C)(CCC)c2ccccc2)C(=O)C1=C(C)CCCCCc1cc(C(CC)(CCC)c2ccccc2)cc(C(C)C)c1O. The van der Waals surface area contributed by atoms with E-state index in [1.807, 2.05) is 0 Å². The van der Waals surface area contributed by atoms with Gasteiger partial charge in [0.2, 0.25) is 0 Å². The van der Waals surface area contributed by atoms with Crippen LogP contribution in [0.3, 0.4) is 0 Å². The van der Waals surface area contributed by atoms with Crippen LogP contribution in [-0.2, 0) is 22.0 Å². The number of ketones is 1. The molecule has 0 saturated carbocycles. The molecule has 0 saturated heterocycles. The maximum Gasteiger partial charge on any atom is 0.190 e. The fourth-order valence-corrected chi connectivity index (χ4v) is 10.3. The predicted octanol–water partition coefficient (Wildman–Crippen LogP) is 16.8. The highest BCUT2D eigenvalue weighted by atomic mass is 16.3. The van der Waals surface area contributed by atoms with E-state index in [1.54, 1.807) is 0 Å². The Morgan fingerprint density at radius 1 is 0.678 bits per heavy atom. The van der Waals surface area contributed by atoms with Crippen molar-refractivity contribution in [3.8, 4) is 5.75 Å². The van der Waals surface area contributed by atoms with E-state index >= 15 is 4.79 Å². The molecule has 0 bridgehead atoms. The van der Waals surface area contributed by atoms with E-state index in [0.29, 0.717) is 11.7 Å². The van der Waals surface area contributed by atoms with Crippen molar-refractivity contribution in [2.45, 2.75) is 201 Å². The van der Waals surface area contributed by atoms with E-state index in [1.165, 1.54) is 72.8 Å². The second-order valence-corrected chi connectivity index (χ2v) is 18.5. The first-order chi connectivity index (χ1) is 28.5. The lowest BCUT2D eigenvalue weighted by Crippen LogP contribution is -2.33. The van der Waals surface area contributed by atoms with Gasteiger partial charge < -0.3 is 5.11 Å². The third-order valence-corrected chi connectivity index (χ3v) is 14.0. The summed E-state index contributed by atoms with van der Waals surface area (Å²) in [7, 11) is 0. The third kappa shape index (κ3) is 12.0. The number of benzene rings is 3. The lowest BCUT2D eigenvalue weighted by molar-refractivity contribution is -0.112. The number of Topliss-reactive ketones (excluding diaryl/α,β-unsaturated/α-hetero) is 1. The Morgan fingerprint density at radius 2 is 1.29 bits per heavy atom. The number of hydrogen-bond acceptors (Lipinski definition) is 2. The van der Waals surface area contributed by atoms with E-state index in [2.05, 4.69) is 147 Å². The predicted molar refractivity (Wildman–Crippen MR) is 256 cm³/mol. The van der Waals surface area contributed by atoms with Crippen LogP contribution in [0.5, 0.6) is 5.75 Å². The van der Waals surface area contributed by atoms with E-state index in [0.717, 1.165) is 99.3 Å². The summed E-state index contributed by atoms with van der Waals surface area (Å²) in [5, 5.41) is 11.7. The molecule has 0 aromatic heterocycles. The molecule has 1 aliphatic rings. The van der Waals surface area contributed by atoms with Crippen LogP contribution < -0.4 is 0 Å². The van der Waals surface area contributed by atoms with Crippen molar-refractivity contribution < 1.29 is 9.90 Å². The van der Waals surface area contributed by atoms with Crippen LogP contribution in [0.4, 0.5) is 0 Å². The number of hydrogen-bond donors (Lipinski definition) is 1. The minimum Gasteiger partial charge on any atom is -0.507 e. The topological polar surface area (TPSA) is 37.3 Å². The van der Waals surface area contributed by atoms with Gasteiger partial charge in [-0.15, -0.1) is 0 Å². The van der Waals surface area contributed by atoms with Crippen LogP contribution in [-0.4, -0.2) is 10.9 Å². The Hall–Kier alpha value is -3.65. The maximum atomic E-state index is 15.1. The minimum absolute atomic E-state index is 0.0743. The molecule has 0 amide bonds. The number of aryl methyl sites for hydroxylation is 1. The molecule has 0 heterocycles. The van der Waals surface area contributed by atoms with Gasteiger partial charge in [-0.2, -0.15) is 0 Å². The zero-order valence-corrected chi connectivity index (χ0v) is 39.0. The van der Waals surface area contributed by atoms with Gasteiger partial charge in [0.15, 0.2) is 5.78 Å². The molecule has 2 heteroatoms. The Labute approximate surface area is 362 Å². The molecule has 3 unspecified atom stereocenters. The Balaban J connectivity index is 1.59. The molecule has 0 aliphatic heterocycles. The highest BCUT2D eigenvalue weighted by molar-refractivity contribution is 6.14. The average Bonchev–Trinajstić information content (AvgIpc) is 3.24. The molecule has 1 aliphatic carbocycles. The molecular formula is C57H82O2. The second kappa shape index (κ2) is 24.0. The molecule has 0 fully saturated rings. The number of carbonyl (C=O) groups is 1. The molecule has 59 heavy (non-hydrogen) atoms. The van der Waals surface area contributed by atoms with Crippen molar-refractivity contribution in [2.75, 3.05) is 0 Å². The first-order valence-electron chi connectivity index (χ1n) is 24.2. The van der Waals surface area contributed by atoms with Crippen LogP contribution in [0.15, 0.2) is 107 Å². The largest absolute Gasteiger partial charge is 0.507 e. The normalized spacial score (nSPS) is 16.7. The fourth-order valence-electron chi connectivity index (χ4n) is 10.3. The molecule has 0 spiro atoms. The molecule has 3 aromatic carbocycles. The minimum atomic E-state index is -0.334. The lowest BCUT2D eigenvalue weighted by Gasteiger charge is -2.36. The van der Waals surface area contributed by atoms with E-state index in [9.17, 15) is 5.11 Å². The molecular weight excluding hydrogens is 717 g/mol. The molecule has 322 valence electrons. The summed E-state index contributed by atoms with van der Waals surface area (Å²) in [4.78, 5) is 15.1. The summed E-state index contributed by atoms with van der Waals surface area (Å²) in [6.07, 6.45) is 26.0. The zero-order chi connectivity index (χ0) is 42.8. The maximum absolute atomic E-state index is 15.1. The monoisotopic (exact) mass is 799 g/mol. The number of rotatable bonds is 26. The van der Waals surface area contributed by atoms with Crippen molar-refractivity contribution in [3.05, 3.63) is 135 Å². The van der Waals surface area contributed by atoms with E-state index in [4.69, 9.17) is 0 Å². The number of aromatic hydroxyl groups is 1. The van der Waals surface area contributed by atoms with Crippen LogP contribution >= 0.6 is 0 Å². The molecule has 2 nitrogen and oxygen atoms in total. The average molecular weight is 799 g/mol. The van der Waals surface area contributed by atoms with Gasteiger partial charge >= 0.3 is 0 Å². The van der Waals surface area contributed by atoms with E-state index < -0.39 is 0 Å². The summed E-state index contributed by atoms with van der Waals surface area (Å²) in [5.41, 5.74) is 10.2. The number of phenols is 1. The van der Waals surface area contributed by atoms with Crippen molar-refractivity contribution in [1.29, 1.82) is 0 Å². The van der Waals surface area contributed by atoms with Crippen molar-refractivity contribution in [1.82, 2.24) is 0 Å². The standard InChI is InChI=1S/C57H82O2/c1-10-15-16-17-18-19-24-31-45(13-4)50-37-38-52(56(9,39-11-2)47-33-26-21-27-34-47)55(59)53(50)44(8)30-23-20-25-32-46-41-49(42-51(43(6)7)54(46)58)57(14-5,40-12-3)48-35-28-22-29-36-48/h21-22,26-29,33-38,41-43,45,58H,10-20,23-25,30-32,39-40H2,1-9H3. The second-order valence-electron chi connectivity index (χ2n) is 18.5. The van der Waals surface area contributed by atoms with Crippen molar-refractivity contribution in [3.63, 3.8) is 0 Å². The highest BCUT2D eigenvalue weighted by Crippen LogP contribution is 2.46. The Kier molecular flexibility index (Phi) is 19.5. The first-order valence-corrected chi connectivity index (χ1v) is 24.2. The van der Waals surface area contributed by atoms with Gasteiger partial charge in [0.25, 0.3) is 0 Å². The molecule has 3 aromatic rings. The quantitative estimate of drug-likeness (QED) is 0.0649. The first kappa shape index (κ1) is 48.0. The van der Waals surface area contributed by atoms with Gasteiger partial charge in [-0.3, -0.25) is 4.79 Å². The Morgan fingerprint density at radius 3 is 1.88 bits per heavy atom. The van der Waals surface area contributed by atoms with Gasteiger partial charge in [0.1, 0.15) is 5.75 Å². The number of carbonyl (C=O) groups excluding carboxylic acids is 1. The third-order valence-electron chi connectivity index (χ3n) is 14.0. The smallest absolute Gasteiger partial charge is 0.190 e. The molecule has 3 atom stereocenters. The van der Waals surface area contributed by atoms with Crippen molar-refractivity contribution >= 4 is 5.78 Å². The van der Waals surface area contributed by atoms with Gasteiger partial charge in [0, 0.05) is 22.0 Å². The zero-order valence-electron chi connectivity index (χ0n) is 39.0. The Bertz CT molecular complexity index is 1820. The number of unbranched alkanes of at least 4 members (excludes halogenated alkanes) is 8. The van der Waals surface area contributed by atoms with Gasteiger partial charge in [-0.05, 0) is 110 Å². The summed E-state index contributed by atoms with van der Waals surface area (Å²) in [5.74, 6) is 1.38. The van der Waals surface area contributed by atoms with Crippen molar-refractivity contribution in [2.24, 2.45) is 5.92 Å². The van der Waals surface area contributed by atoms with Crippen LogP contribution in [0.2, 0.25) is 0 Å². The summed E-state index contributed by atoms with van der Waals surface area (Å²) >= 11 is 0. The summed E-state index contributed by atoms with van der Waals surface area (Å²) in [6.45, 7) is 20.4. The van der Waals surface area contributed by atoms with Gasteiger partial charge in [-0.1, -0.05) is 210 Å². The van der Waals surface area contributed by atoms with Crippen LogP contribution in [0, 0.1) is 5.92 Å². The summed E-state index contributed by atoms with van der Waals surface area (Å²) in [6, 6.07) is 26.4. The molecule has 4 rings (SSSR count). The van der Waals surface area contributed by atoms with Crippen LogP contribution in [0.25, 0.3) is 0 Å². The lowest BCUT2D eigenvalue weighted by atomic mass is 9.66. The molecule has 1 N–H and O–H groups in total. The fraction of sp³-hybridized carbons (Fsp3) is 0.561. The van der Waals surface area contributed by atoms with Gasteiger partial charge in [-0.25, -0.2) is 0 Å². The number of phenolic OH excluding ortho intramolecular Hbond substituents is 1. The van der Waals surface area contributed by atoms with Crippen LogP contribution in [0.1, 0.15) is 212 Å². The number of allylic oxidation sites excluding steroid dienone is 6. The molecule has 0 radical (unpaired) electrons. The highest BCUT2D eigenvalue weighted by Gasteiger charge is 2.39. The summed E-state index contributed by atoms with van der Waals surface area (Å²) < 4.78 is 0.